The molecule has 21 heavy (non-hydrogen) atoms. The van der Waals surface area contributed by atoms with Crippen molar-refractivity contribution in [2.75, 3.05) is 0 Å². The predicted molar refractivity (Wildman–Crippen MR) is 80.8 cm³/mol. The average Bonchev–Trinajstić information content (AvgIpc) is 2.32. The number of esters is 2. The van der Waals surface area contributed by atoms with E-state index >= 15 is 0 Å². The third kappa shape index (κ3) is 5.21. The highest BCUT2D eigenvalue weighted by atomic mass is 16.5. The monoisotopic (exact) mass is 292 g/mol. The van der Waals surface area contributed by atoms with Gasteiger partial charge in [0.05, 0.1) is 0 Å². The number of carbonyl (C=O) groups excluding carboxylic acids is 2. The molecule has 4 nitrogen and oxygen atoms in total. The molecule has 0 saturated carbocycles. The SMILES string of the molecule is CC(=O)OCc1cc(C(C)(C)C)cc(C)c1COC(C)=O. The molecule has 0 saturated heterocycles. The molecule has 1 aromatic carbocycles. The number of hydrogen-bond acceptors (Lipinski definition) is 4. The summed E-state index contributed by atoms with van der Waals surface area (Å²) >= 11 is 0. The molecule has 0 N–H and O–H groups in total. The summed E-state index contributed by atoms with van der Waals surface area (Å²) < 4.78 is 10.2. The molecular weight excluding hydrogens is 268 g/mol. The zero-order valence-corrected chi connectivity index (χ0v) is 13.7. The standard InChI is InChI=1S/C17H24O4/c1-11-7-15(17(4,5)6)8-14(9-20-12(2)18)16(11)10-21-13(3)19/h7-8H,9-10H2,1-6H3. The summed E-state index contributed by atoms with van der Waals surface area (Å²) in [5.41, 5.74) is 3.98. The Morgan fingerprint density at radius 1 is 1.00 bits per heavy atom. The molecule has 0 aliphatic carbocycles. The Kier molecular flexibility index (Phi) is 5.53. The zero-order valence-electron chi connectivity index (χ0n) is 13.7. The van der Waals surface area contributed by atoms with E-state index in [1.807, 2.05) is 13.0 Å². The van der Waals surface area contributed by atoms with Crippen LogP contribution in [0.1, 0.15) is 56.9 Å². The molecule has 1 aromatic rings. The Morgan fingerprint density at radius 3 is 2.00 bits per heavy atom. The lowest BCUT2D eigenvalue weighted by molar-refractivity contribution is -0.143. The van der Waals surface area contributed by atoms with Gasteiger partial charge in [0.2, 0.25) is 0 Å². The van der Waals surface area contributed by atoms with Crippen molar-refractivity contribution in [3.63, 3.8) is 0 Å². The van der Waals surface area contributed by atoms with Crippen molar-refractivity contribution >= 4 is 11.9 Å². The molecule has 0 amide bonds. The second kappa shape index (κ2) is 6.74. The minimum Gasteiger partial charge on any atom is -0.461 e. The van der Waals surface area contributed by atoms with E-state index in [9.17, 15) is 9.59 Å². The fraction of sp³-hybridized carbons (Fsp3) is 0.529. The highest BCUT2D eigenvalue weighted by Gasteiger charge is 2.18. The van der Waals surface area contributed by atoms with Gasteiger partial charge in [-0.05, 0) is 34.6 Å². The Labute approximate surface area is 126 Å². The van der Waals surface area contributed by atoms with E-state index in [1.165, 1.54) is 13.8 Å². The van der Waals surface area contributed by atoms with Crippen LogP contribution in [0.4, 0.5) is 0 Å². The molecule has 0 fully saturated rings. The van der Waals surface area contributed by atoms with Crippen LogP contribution in [0.25, 0.3) is 0 Å². The van der Waals surface area contributed by atoms with Crippen molar-refractivity contribution in [1.29, 1.82) is 0 Å². The van der Waals surface area contributed by atoms with Gasteiger partial charge in [0.25, 0.3) is 0 Å². The quantitative estimate of drug-likeness (QED) is 0.798. The van der Waals surface area contributed by atoms with Crippen LogP contribution in [-0.4, -0.2) is 11.9 Å². The van der Waals surface area contributed by atoms with E-state index in [1.54, 1.807) is 0 Å². The molecule has 0 heterocycles. The van der Waals surface area contributed by atoms with Crippen LogP contribution in [0.5, 0.6) is 0 Å². The normalized spacial score (nSPS) is 11.1. The lowest BCUT2D eigenvalue weighted by Crippen LogP contribution is -2.15. The first kappa shape index (κ1) is 17.2. The van der Waals surface area contributed by atoms with Crippen LogP contribution in [0.2, 0.25) is 0 Å². The van der Waals surface area contributed by atoms with Gasteiger partial charge in [-0.1, -0.05) is 32.9 Å². The molecule has 0 radical (unpaired) electrons. The van der Waals surface area contributed by atoms with E-state index in [2.05, 4.69) is 26.8 Å². The Hall–Kier alpha value is -1.84. The molecule has 0 spiro atoms. The highest BCUT2D eigenvalue weighted by molar-refractivity contribution is 5.66. The second-order valence-corrected chi connectivity index (χ2v) is 6.24. The number of aryl methyl sites for hydroxylation is 1. The van der Waals surface area contributed by atoms with Gasteiger partial charge >= 0.3 is 11.9 Å². The van der Waals surface area contributed by atoms with Gasteiger partial charge < -0.3 is 9.47 Å². The van der Waals surface area contributed by atoms with E-state index < -0.39 is 0 Å². The maximum absolute atomic E-state index is 11.1. The topological polar surface area (TPSA) is 52.6 Å². The molecule has 0 aromatic heterocycles. The van der Waals surface area contributed by atoms with E-state index in [0.717, 1.165) is 22.3 Å². The van der Waals surface area contributed by atoms with Crippen LogP contribution >= 0.6 is 0 Å². The van der Waals surface area contributed by atoms with Gasteiger partial charge in [-0.3, -0.25) is 9.59 Å². The van der Waals surface area contributed by atoms with Gasteiger partial charge in [-0.2, -0.15) is 0 Å². The zero-order chi connectivity index (χ0) is 16.2. The molecule has 4 heteroatoms. The molecule has 0 aliphatic heterocycles. The number of benzene rings is 1. The summed E-state index contributed by atoms with van der Waals surface area (Å²) in [5, 5.41) is 0. The van der Waals surface area contributed by atoms with Gasteiger partial charge in [0.15, 0.2) is 0 Å². The fourth-order valence-electron chi connectivity index (χ4n) is 2.01. The molecule has 116 valence electrons. The summed E-state index contributed by atoms with van der Waals surface area (Å²) in [6.45, 7) is 11.5. The minimum atomic E-state index is -0.327. The van der Waals surface area contributed by atoms with Crippen LogP contribution in [-0.2, 0) is 37.7 Å². The molecular formula is C17H24O4. The van der Waals surface area contributed by atoms with Crippen molar-refractivity contribution in [2.45, 2.75) is 60.2 Å². The number of carbonyl (C=O) groups is 2. The smallest absolute Gasteiger partial charge is 0.302 e. The third-order valence-electron chi connectivity index (χ3n) is 3.28. The largest absolute Gasteiger partial charge is 0.461 e. The first-order valence-corrected chi connectivity index (χ1v) is 7.01. The first-order chi connectivity index (χ1) is 9.61. The number of hydrogen-bond donors (Lipinski definition) is 0. The van der Waals surface area contributed by atoms with Crippen molar-refractivity contribution in [3.05, 3.63) is 34.4 Å². The van der Waals surface area contributed by atoms with Gasteiger partial charge in [-0.15, -0.1) is 0 Å². The summed E-state index contributed by atoms with van der Waals surface area (Å²) in [4.78, 5) is 22.1. The van der Waals surface area contributed by atoms with Crippen molar-refractivity contribution in [3.8, 4) is 0 Å². The predicted octanol–water partition coefficient (Wildman–Crippen LogP) is 3.42. The number of rotatable bonds is 4. The minimum absolute atomic E-state index is 0.00427. The molecule has 0 aliphatic rings. The maximum Gasteiger partial charge on any atom is 0.302 e. The molecule has 0 bridgehead atoms. The fourth-order valence-corrected chi connectivity index (χ4v) is 2.01. The van der Waals surface area contributed by atoms with E-state index in [0.29, 0.717) is 0 Å². The van der Waals surface area contributed by atoms with Gasteiger partial charge in [0, 0.05) is 13.8 Å². The van der Waals surface area contributed by atoms with Crippen molar-refractivity contribution < 1.29 is 19.1 Å². The highest BCUT2D eigenvalue weighted by Crippen LogP contribution is 2.28. The summed E-state index contributed by atoms with van der Waals surface area (Å²) in [6, 6.07) is 4.12. The van der Waals surface area contributed by atoms with Crippen LogP contribution in [0, 0.1) is 6.92 Å². The molecule has 1 rings (SSSR count). The van der Waals surface area contributed by atoms with Gasteiger partial charge in [0.1, 0.15) is 13.2 Å². The summed E-state index contributed by atoms with van der Waals surface area (Å²) in [5.74, 6) is -0.653. The summed E-state index contributed by atoms with van der Waals surface area (Å²) in [6.07, 6.45) is 0. The average molecular weight is 292 g/mol. The van der Waals surface area contributed by atoms with Crippen molar-refractivity contribution in [1.82, 2.24) is 0 Å². The lowest BCUT2D eigenvalue weighted by atomic mass is 9.83. The second-order valence-electron chi connectivity index (χ2n) is 6.24. The Bertz CT molecular complexity index is 538. The van der Waals surface area contributed by atoms with Crippen LogP contribution in [0.3, 0.4) is 0 Å². The lowest BCUT2D eigenvalue weighted by Gasteiger charge is -2.23. The summed E-state index contributed by atoms with van der Waals surface area (Å²) in [7, 11) is 0. The Morgan fingerprint density at radius 2 is 1.52 bits per heavy atom. The van der Waals surface area contributed by atoms with Crippen LogP contribution < -0.4 is 0 Å². The number of ether oxygens (including phenoxy) is 2. The Balaban J connectivity index is 3.19. The van der Waals surface area contributed by atoms with E-state index in [-0.39, 0.29) is 30.6 Å². The van der Waals surface area contributed by atoms with Crippen LogP contribution in [0.15, 0.2) is 12.1 Å². The van der Waals surface area contributed by atoms with Crippen molar-refractivity contribution in [2.24, 2.45) is 0 Å². The van der Waals surface area contributed by atoms with Gasteiger partial charge in [-0.25, -0.2) is 0 Å². The molecule has 0 unspecified atom stereocenters. The first-order valence-electron chi connectivity index (χ1n) is 7.01. The van der Waals surface area contributed by atoms with E-state index in [4.69, 9.17) is 9.47 Å². The maximum atomic E-state index is 11.1. The molecule has 0 atom stereocenters. The third-order valence-corrected chi connectivity index (χ3v) is 3.28.